The molecule has 1 aliphatic carbocycles. The van der Waals surface area contributed by atoms with Crippen molar-refractivity contribution in [2.24, 2.45) is 5.92 Å². The smallest absolute Gasteiger partial charge is 0.234 e. The summed E-state index contributed by atoms with van der Waals surface area (Å²) in [6.45, 7) is 2.02. The third-order valence-corrected chi connectivity index (χ3v) is 5.49. The summed E-state index contributed by atoms with van der Waals surface area (Å²) < 4.78 is 16.3. The zero-order valence-corrected chi connectivity index (χ0v) is 15.4. The van der Waals surface area contributed by atoms with E-state index in [1.807, 2.05) is 18.2 Å². The number of nitrogens with one attached hydrogen (secondary N) is 1. The van der Waals surface area contributed by atoms with Crippen LogP contribution in [0.3, 0.4) is 0 Å². The van der Waals surface area contributed by atoms with Gasteiger partial charge in [-0.2, -0.15) is 4.98 Å². The predicted molar refractivity (Wildman–Crippen MR) is 95.8 cm³/mol. The lowest BCUT2D eigenvalue weighted by atomic mass is 9.80. The summed E-state index contributed by atoms with van der Waals surface area (Å²) in [6, 6.07) is 5.87. The van der Waals surface area contributed by atoms with Gasteiger partial charge in [0.05, 0.1) is 19.6 Å². The molecule has 2 heterocycles. The normalized spacial score (nSPS) is 24.6. The van der Waals surface area contributed by atoms with Gasteiger partial charge in [0.2, 0.25) is 5.89 Å². The average Bonchev–Trinajstić information content (AvgIpc) is 3.29. The summed E-state index contributed by atoms with van der Waals surface area (Å²) in [7, 11) is 3.27. The Labute approximate surface area is 153 Å². The van der Waals surface area contributed by atoms with E-state index in [9.17, 15) is 0 Å². The number of hydrogen-bond acceptors (Lipinski definition) is 6. The first kappa shape index (κ1) is 18.0. The van der Waals surface area contributed by atoms with Crippen LogP contribution in [0.25, 0.3) is 0 Å². The Hall–Kier alpha value is -1.79. The maximum absolute atomic E-state index is 5.67. The molecule has 0 radical (unpaired) electrons. The third kappa shape index (κ3) is 3.09. The first-order chi connectivity index (χ1) is 11.7. The highest BCUT2D eigenvalue weighted by atomic mass is 35.5. The van der Waals surface area contributed by atoms with Crippen LogP contribution in [0, 0.1) is 5.92 Å². The van der Waals surface area contributed by atoms with E-state index in [2.05, 4.69) is 10.5 Å². The molecule has 2 aromatic rings. The number of methoxy groups -OCH3 is 2. The van der Waals surface area contributed by atoms with E-state index in [1.165, 1.54) is 12.8 Å². The van der Waals surface area contributed by atoms with Crippen LogP contribution in [-0.2, 0) is 11.8 Å². The minimum absolute atomic E-state index is 0. The van der Waals surface area contributed by atoms with E-state index >= 15 is 0 Å². The molecule has 7 heteroatoms. The molecule has 4 rings (SSSR count). The molecule has 1 saturated carbocycles. The zero-order chi connectivity index (χ0) is 16.6. The predicted octanol–water partition coefficient (Wildman–Crippen LogP) is 2.74. The fourth-order valence-electron chi connectivity index (χ4n) is 4.20. The van der Waals surface area contributed by atoms with E-state index in [0.29, 0.717) is 18.1 Å². The molecule has 1 N–H and O–H groups in total. The Morgan fingerprint density at radius 3 is 2.92 bits per heavy atom. The quantitative estimate of drug-likeness (QED) is 0.878. The lowest BCUT2D eigenvalue weighted by Gasteiger charge is -2.22. The molecule has 6 nitrogen and oxygen atoms in total. The Balaban J connectivity index is 0.00000182. The number of benzene rings is 1. The van der Waals surface area contributed by atoms with Gasteiger partial charge in [-0.1, -0.05) is 17.6 Å². The summed E-state index contributed by atoms with van der Waals surface area (Å²) in [5, 5.41) is 7.72. The van der Waals surface area contributed by atoms with Crippen LogP contribution in [0.1, 0.15) is 36.5 Å². The Morgan fingerprint density at radius 2 is 2.12 bits per heavy atom. The van der Waals surface area contributed by atoms with Crippen molar-refractivity contribution in [2.45, 2.75) is 31.1 Å². The second-order valence-electron chi connectivity index (χ2n) is 6.76. The van der Waals surface area contributed by atoms with E-state index in [0.717, 1.165) is 42.5 Å². The highest BCUT2D eigenvalue weighted by molar-refractivity contribution is 5.85. The van der Waals surface area contributed by atoms with Gasteiger partial charge in [0.25, 0.3) is 0 Å². The Bertz CT molecular complexity index is 724. The van der Waals surface area contributed by atoms with Crippen molar-refractivity contribution in [3.05, 3.63) is 35.5 Å². The molecule has 0 amide bonds. The molecule has 1 aromatic heterocycles. The van der Waals surface area contributed by atoms with Gasteiger partial charge in [0, 0.05) is 13.0 Å². The second-order valence-corrected chi connectivity index (χ2v) is 6.76. The van der Waals surface area contributed by atoms with Crippen molar-refractivity contribution in [3.63, 3.8) is 0 Å². The van der Waals surface area contributed by atoms with Crippen LogP contribution < -0.4 is 14.8 Å². The number of aromatic nitrogens is 2. The second kappa shape index (κ2) is 7.22. The molecule has 1 saturated heterocycles. The van der Waals surface area contributed by atoms with Crippen molar-refractivity contribution >= 4 is 12.4 Å². The van der Waals surface area contributed by atoms with Crippen molar-refractivity contribution in [2.75, 3.05) is 27.3 Å². The van der Waals surface area contributed by atoms with Crippen LogP contribution in [0.5, 0.6) is 11.5 Å². The van der Waals surface area contributed by atoms with E-state index in [1.54, 1.807) is 14.2 Å². The number of hydrogen-bond donors (Lipinski definition) is 1. The molecule has 0 bridgehead atoms. The van der Waals surface area contributed by atoms with Gasteiger partial charge in [-0.05, 0) is 43.0 Å². The maximum atomic E-state index is 5.67. The van der Waals surface area contributed by atoms with Crippen molar-refractivity contribution < 1.29 is 14.0 Å². The fraction of sp³-hybridized carbons (Fsp3) is 0.556. The number of halogens is 1. The van der Waals surface area contributed by atoms with Gasteiger partial charge in [0.15, 0.2) is 17.3 Å². The molecule has 136 valence electrons. The maximum Gasteiger partial charge on any atom is 0.234 e. The topological polar surface area (TPSA) is 69.4 Å². The molecule has 1 aromatic carbocycles. The molecule has 1 aliphatic heterocycles. The molecule has 0 unspecified atom stereocenters. The summed E-state index contributed by atoms with van der Waals surface area (Å²) >= 11 is 0. The lowest BCUT2D eigenvalue weighted by molar-refractivity contribution is 0.264. The molecule has 2 fully saturated rings. The molecule has 2 atom stereocenters. The van der Waals surface area contributed by atoms with Gasteiger partial charge in [-0.15, -0.1) is 12.4 Å². The number of nitrogens with zero attached hydrogens (tertiary/aromatic N) is 2. The van der Waals surface area contributed by atoms with Gasteiger partial charge in [-0.25, -0.2) is 0 Å². The van der Waals surface area contributed by atoms with Crippen LogP contribution in [0.4, 0.5) is 0 Å². The average molecular weight is 366 g/mol. The molecule has 2 aliphatic rings. The number of ether oxygens (including phenoxy) is 2. The lowest BCUT2D eigenvalue weighted by Crippen LogP contribution is -2.31. The molecule has 0 spiro atoms. The van der Waals surface area contributed by atoms with Crippen LogP contribution in [0.15, 0.2) is 22.7 Å². The van der Waals surface area contributed by atoms with Gasteiger partial charge >= 0.3 is 0 Å². The summed E-state index contributed by atoms with van der Waals surface area (Å²) in [5.74, 6) is 3.61. The molecular weight excluding hydrogens is 342 g/mol. The third-order valence-electron chi connectivity index (χ3n) is 5.49. The zero-order valence-electron chi connectivity index (χ0n) is 14.6. The van der Waals surface area contributed by atoms with E-state index in [-0.39, 0.29) is 17.8 Å². The highest BCUT2D eigenvalue weighted by Gasteiger charge is 2.51. The first-order valence-electron chi connectivity index (χ1n) is 8.50. The minimum atomic E-state index is 0. The van der Waals surface area contributed by atoms with Gasteiger partial charge in [0.1, 0.15) is 0 Å². The van der Waals surface area contributed by atoms with Crippen LogP contribution in [-0.4, -0.2) is 37.4 Å². The van der Waals surface area contributed by atoms with Crippen molar-refractivity contribution in [3.8, 4) is 11.5 Å². The van der Waals surface area contributed by atoms with Crippen molar-refractivity contribution in [1.82, 2.24) is 15.5 Å². The summed E-state index contributed by atoms with van der Waals surface area (Å²) in [4.78, 5) is 4.73. The van der Waals surface area contributed by atoms with Crippen molar-refractivity contribution in [1.29, 1.82) is 0 Å². The largest absolute Gasteiger partial charge is 0.493 e. The van der Waals surface area contributed by atoms with E-state index in [4.69, 9.17) is 19.0 Å². The summed E-state index contributed by atoms with van der Waals surface area (Å²) in [6.07, 6.45) is 4.26. The Morgan fingerprint density at radius 1 is 1.28 bits per heavy atom. The fourth-order valence-corrected chi connectivity index (χ4v) is 4.20. The standard InChI is InChI=1S/C18H23N3O3.ClH/c1-22-14-6-5-12(8-15(14)23-2)9-16-20-17(24-21-16)18-7-3-4-13(18)10-19-11-18;/h5-6,8,13,19H,3-4,7,9-11H2,1-2H3;1H/t13-,18-;/m1./s1. The molecule has 25 heavy (non-hydrogen) atoms. The highest BCUT2D eigenvalue weighted by Crippen LogP contribution is 2.47. The van der Waals surface area contributed by atoms with Gasteiger partial charge in [-0.3, -0.25) is 0 Å². The number of rotatable bonds is 5. The minimum Gasteiger partial charge on any atom is -0.493 e. The SMILES string of the molecule is COc1ccc(Cc2noc([C@@]34CCC[C@@H]3CNC4)n2)cc1OC.Cl. The number of fused-ring (bicyclic) bond motifs is 1. The van der Waals surface area contributed by atoms with E-state index < -0.39 is 0 Å². The molecular formula is C18H24ClN3O3. The van der Waals surface area contributed by atoms with Crippen LogP contribution >= 0.6 is 12.4 Å². The summed E-state index contributed by atoms with van der Waals surface area (Å²) in [5.41, 5.74) is 1.13. The van der Waals surface area contributed by atoms with Gasteiger partial charge < -0.3 is 19.3 Å². The first-order valence-corrected chi connectivity index (χ1v) is 8.50. The Kier molecular flexibility index (Phi) is 5.20. The van der Waals surface area contributed by atoms with Crippen LogP contribution in [0.2, 0.25) is 0 Å². The monoisotopic (exact) mass is 365 g/mol.